The van der Waals surface area contributed by atoms with Crippen molar-refractivity contribution in [3.63, 3.8) is 0 Å². The Morgan fingerprint density at radius 1 is 0.308 bits per heavy atom. The van der Waals surface area contributed by atoms with E-state index in [0.717, 1.165) is 17.1 Å². The molecule has 0 aliphatic heterocycles. The molecule has 9 aromatic carbocycles. The summed E-state index contributed by atoms with van der Waals surface area (Å²) in [7, 11) is 0. The predicted octanol–water partition coefficient (Wildman–Crippen LogP) is 14.8. The van der Waals surface area contributed by atoms with E-state index in [2.05, 4.69) is 205 Å². The van der Waals surface area contributed by atoms with Crippen molar-refractivity contribution in [1.29, 1.82) is 0 Å². The van der Waals surface area contributed by atoms with E-state index in [1.165, 1.54) is 75.1 Å². The lowest BCUT2D eigenvalue weighted by Gasteiger charge is -2.29. The van der Waals surface area contributed by atoms with Crippen molar-refractivity contribution in [2.45, 2.75) is 0 Å². The Morgan fingerprint density at radius 3 is 1.83 bits per heavy atom. The molecule has 0 radical (unpaired) electrons. The molecule has 10 aromatic rings. The van der Waals surface area contributed by atoms with Crippen molar-refractivity contribution in [2.75, 3.05) is 4.90 Å². The van der Waals surface area contributed by atoms with Gasteiger partial charge in [-0.2, -0.15) is 0 Å². The van der Waals surface area contributed by atoms with Crippen molar-refractivity contribution in [3.8, 4) is 33.4 Å². The summed E-state index contributed by atoms with van der Waals surface area (Å²) in [4.78, 5) is 2.45. The predicted molar refractivity (Wildman–Crippen MR) is 225 cm³/mol. The Kier molecular flexibility index (Phi) is 7.41. The van der Waals surface area contributed by atoms with Gasteiger partial charge in [0, 0.05) is 37.1 Å². The van der Waals surface area contributed by atoms with Gasteiger partial charge in [-0.15, -0.1) is 11.3 Å². The molecular formula is C50H33NS. The van der Waals surface area contributed by atoms with Crippen LogP contribution in [0.25, 0.3) is 75.1 Å². The molecule has 0 N–H and O–H groups in total. The zero-order chi connectivity index (χ0) is 34.4. The van der Waals surface area contributed by atoms with E-state index in [9.17, 15) is 0 Å². The van der Waals surface area contributed by atoms with Gasteiger partial charge < -0.3 is 4.90 Å². The maximum atomic E-state index is 2.45. The molecular weight excluding hydrogens is 647 g/mol. The van der Waals surface area contributed by atoms with Gasteiger partial charge in [0.1, 0.15) is 0 Å². The van der Waals surface area contributed by atoms with Crippen molar-refractivity contribution in [1.82, 2.24) is 0 Å². The SMILES string of the molecule is c1ccc(-c2ccc(-c3cccc4ccccc34)cc2N(c2ccc(-c3ccc4ccccc4c3)cc2)c2ccc3sc4ccccc4c3c2)cc1. The summed E-state index contributed by atoms with van der Waals surface area (Å²) in [5.74, 6) is 0. The molecule has 0 saturated heterocycles. The van der Waals surface area contributed by atoms with Gasteiger partial charge in [0.2, 0.25) is 0 Å². The van der Waals surface area contributed by atoms with E-state index in [4.69, 9.17) is 0 Å². The monoisotopic (exact) mass is 679 g/mol. The Hall–Kier alpha value is -6.48. The van der Waals surface area contributed by atoms with Crippen LogP contribution in [-0.4, -0.2) is 0 Å². The van der Waals surface area contributed by atoms with Crippen LogP contribution in [0.4, 0.5) is 17.1 Å². The van der Waals surface area contributed by atoms with Crippen LogP contribution in [0.3, 0.4) is 0 Å². The largest absolute Gasteiger partial charge is 0.310 e. The summed E-state index contributed by atoms with van der Waals surface area (Å²) >= 11 is 1.86. The molecule has 244 valence electrons. The lowest BCUT2D eigenvalue weighted by atomic mass is 9.94. The Morgan fingerprint density at radius 2 is 0.962 bits per heavy atom. The average Bonchev–Trinajstić information content (AvgIpc) is 3.59. The smallest absolute Gasteiger partial charge is 0.0546 e. The second-order valence-electron chi connectivity index (χ2n) is 13.3. The average molecular weight is 680 g/mol. The molecule has 0 amide bonds. The standard InChI is InChI=1S/C50H33NS/c1-2-12-37(13-3-1)45-29-25-40(44-19-10-16-36-14-6-7-17-43(36)44)32-48(45)51(42-28-30-50-47(33-42)46-18-8-9-20-49(46)52-50)41-26-23-35(24-27-41)39-22-21-34-11-4-5-15-38(34)31-39/h1-33H. The molecule has 10 rings (SSSR count). The summed E-state index contributed by atoms with van der Waals surface area (Å²) in [6, 6.07) is 73.1. The van der Waals surface area contributed by atoms with Gasteiger partial charge in [0.05, 0.1) is 5.69 Å². The molecule has 0 unspecified atom stereocenters. The molecule has 0 aliphatic carbocycles. The highest BCUT2D eigenvalue weighted by molar-refractivity contribution is 7.25. The maximum Gasteiger partial charge on any atom is 0.0546 e. The van der Waals surface area contributed by atoms with Gasteiger partial charge in [-0.25, -0.2) is 0 Å². The number of anilines is 3. The summed E-state index contributed by atoms with van der Waals surface area (Å²) in [5.41, 5.74) is 10.6. The van der Waals surface area contributed by atoms with Crippen LogP contribution in [0.1, 0.15) is 0 Å². The van der Waals surface area contributed by atoms with E-state index in [1.54, 1.807) is 0 Å². The number of hydrogen-bond acceptors (Lipinski definition) is 2. The van der Waals surface area contributed by atoms with Crippen molar-refractivity contribution in [3.05, 3.63) is 200 Å². The lowest BCUT2D eigenvalue weighted by Crippen LogP contribution is -2.11. The van der Waals surface area contributed by atoms with Crippen LogP contribution in [0.2, 0.25) is 0 Å². The Balaban J connectivity index is 1.20. The number of fused-ring (bicyclic) bond motifs is 5. The van der Waals surface area contributed by atoms with Crippen LogP contribution < -0.4 is 4.90 Å². The second-order valence-corrected chi connectivity index (χ2v) is 14.4. The second kappa shape index (κ2) is 12.7. The number of thiophene rings is 1. The van der Waals surface area contributed by atoms with E-state index in [1.807, 2.05) is 11.3 Å². The van der Waals surface area contributed by atoms with Gasteiger partial charge in [-0.1, -0.05) is 152 Å². The molecule has 2 heteroatoms. The molecule has 0 spiro atoms. The molecule has 0 saturated carbocycles. The van der Waals surface area contributed by atoms with Gasteiger partial charge in [0.15, 0.2) is 0 Å². The minimum atomic E-state index is 1.11. The fraction of sp³-hybridized carbons (Fsp3) is 0. The quantitative estimate of drug-likeness (QED) is 0.169. The van der Waals surface area contributed by atoms with Gasteiger partial charge >= 0.3 is 0 Å². The first kappa shape index (κ1) is 30.4. The molecule has 52 heavy (non-hydrogen) atoms. The summed E-state index contributed by atoms with van der Waals surface area (Å²) in [6.45, 7) is 0. The highest BCUT2D eigenvalue weighted by atomic mass is 32.1. The Labute approximate surface area is 307 Å². The fourth-order valence-electron chi connectivity index (χ4n) is 7.68. The van der Waals surface area contributed by atoms with Crippen molar-refractivity contribution in [2.24, 2.45) is 0 Å². The summed E-state index contributed by atoms with van der Waals surface area (Å²) in [5, 5.41) is 7.57. The third kappa shape index (κ3) is 5.33. The fourth-order valence-corrected chi connectivity index (χ4v) is 8.76. The van der Waals surface area contributed by atoms with E-state index in [0.29, 0.717) is 0 Å². The highest BCUT2D eigenvalue weighted by Crippen LogP contribution is 2.46. The van der Waals surface area contributed by atoms with Gasteiger partial charge in [0.25, 0.3) is 0 Å². The van der Waals surface area contributed by atoms with Crippen LogP contribution in [0.5, 0.6) is 0 Å². The van der Waals surface area contributed by atoms with E-state index < -0.39 is 0 Å². The lowest BCUT2D eigenvalue weighted by molar-refractivity contribution is 1.29. The van der Waals surface area contributed by atoms with Gasteiger partial charge in [-0.3, -0.25) is 0 Å². The van der Waals surface area contributed by atoms with Crippen LogP contribution >= 0.6 is 11.3 Å². The van der Waals surface area contributed by atoms with Crippen LogP contribution in [-0.2, 0) is 0 Å². The normalized spacial score (nSPS) is 11.5. The first-order chi connectivity index (χ1) is 25.8. The Bertz CT molecular complexity index is 2900. The summed E-state index contributed by atoms with van der Waals surface area (Å²) < 4.78 is 2.60. The third-order valence-electron chi connectivity index (χ3n) is 10.3. The summed E-state index contributed by atoms with van der Waals surface area (Å²) in [6.07, 6.45) is 0. The minimum absolute atomic E-state index is 1.11. The number of benzene rings is 9. The topological polar surface area (TPSA) is 3.24 Å². The number of rotatable bonds is 6. The third-order valence-corrected chi connectivity index (χ3v) is 11.4. The first-order valence-electron chi connectivity index (χ1n) is 17.8. The van der Waals surface area contributed by atoms with E-state index in [-0.39, 0.29) is 0 Å². The molecule has 1 heterocycles. The zero-order valence-corrected chi connectivity index (χ0v) is 29.2. The molecule has 0 aliphatic rings. The molecule has 1 aromatic heterocycles. The molecule has 0 fully saturated rings. The molecule has 0 bridgehead atoms. The minimum Gasteiger partial charge on any atom is -0.310 e. The first-order valence-corrected chi connectivity index (χ1v) is 18.6. The van der Waals surface area contributed by atoms with Crippen molar-refractivity contribution < 1.29 is 0 Å². The van der Waals surface area contributed by atoms with Crippen LogP contribution in [0.15, 0.2) is 200 Å². The van der Waals surface area contributed by atoms with E-state index >= 15 is 0 Å². The van der Waals surface area contributed by atoms with Crippen molar-refractivity contribution >= 4 is 70.1 Å². The number of nitrogens with zero attached hydrogens (tertiary/aromatic N) is 1. The number of hydrogen-bond donors (Lipinski definition) is 0. The van der Waals surface area contributed by atoms with Crippen LogP contribution in [0, 0.1) is 0 Å². The molecule has 0 atom stereocenters. The maximum absolute atomic E-state index is 2.45. The molecule has 1 nitrogen and oxygen atoms in total. The highest BCUT2D eigenvalue weighted by Gasteiger charge is 2.20. The van der Waals surface area contributed by atoms with Gasteiger partial charge in [-0.05, 0) is 97.9 Å². The zero-order valence-electron chi connectivity index (χ0n) is 28.4.